The maximum Gasteiger partial charge on any atom is 0.337 e. The van der Waals surface area contributed by atoms with Crippen LogP contribution in [0.1, 0.15) is 21.1 Å². The summed E-state index contributed by atoms with van der Waals surface area (Å²) >= 11 is 1.44. The van der Waals surface area contributed by atoms with Gasteiger partial charge in [0.2, 0.25) is 5.91 Å². The van der Waals surface area contributed by atoms with Crippen LogP contribution in [0.2, 0.25) is 0 Å². The Morgan fingerprint density at radius 1 is 1.43 bits per heavy atom. The van der Waals surface area contributed by atoms with Gasteiger partial charge in [-0.05, 0) is 25.1 Å². The number of hydrogen-bond acceptors (Lipinski definition) is 4. The van der Waals surface area contributed by atoms with Crippen LogP contribution >= 0.6 is 11.3 Å². The second-order valence-electron chi connectivity index (χ2n) is 4.08. The van der Waals surface area contributed by atoms with E-state index in [1.54, 1.807) is 5.38 Å². The molecule has 0 saturated carbocycles. The van der Waals surface area contributed by atoms with Crippen molar-refractivity contribution < 1.29 is 19.1 Å². The van der Waals surface area contributed by atoms with E-state index in [0.29, 0.717) is 5.69 Å². The topological polar surface area (TPSA) is 79.3 Å². The number of halogens is 1. The normalized spacial score (nSPS) is 10.8. The molecule has 0 spiro atoms. The number of para-hydroxylation sites is 1. The summed E-state index contributed by atoms with van der Waals surface area (Å²) in [5.74, 6) is -2.75. The molecule has 2 N–H and O–H groups in total. The number of rotatable bonds is 4. The Balaban J connectivity index is 2.16. The second-order valence-corrected chi connectivity index (χ2v) is 5.14. The SMILES string of the molecule is Cc1nc(/C=C/C(=O)Nc2c(F)cccc2C(=O)O)cs1. The smallest absolute Gasteiger partial charge is 0.337 e. The molecule has 2 aromatic rings. The summed E-state index contributed by atoms with van der Waals surface area (Å²) in [6.07, 6.45) is 2.65. The zero-order valence-corrected chi connectivity index (χ0v) is 11.8. The van der Waals surface area contributed by atoms with E-state index >= 15 is 0 Å². The molecule has 0 aliphatic rings. The molecule has 1 amide bonds. The molecule has 7 heteroatoms. The molecule has 1 heterocycles. The lowest BCUT2D eigenvalue weighted by Crippen LogP contribution is -2.13. The van der Waals surface area contributed by atoms with Crippen LogP contribution in [0.15, 0.2) is 29.7 Å². The van der Waals surface area contributed by atoms with Gasteiger partial charge >= 0.3 is 5.97 Å². The predicted octanol–water partition coefficient (Wildman–Crippen LogP) is 2.94. The van der Waals surface area contributed by atoms with Crippen molar-refractivity contribution in [3.63, 3.8) is 0 Å². The lowest BCUT2D eigenvalue weighted by molar-refractivity contribution is -0.111. The van der Waals surface area contributed by atoms with Gasteiger partial charge < -0.3 is 10.4 Å². The average Bonchev–Trinajstić information content (AvgIpc) is 2.84. The highest BCUT2D eigenvalue weighted by atomic mass is 32.1. The number of aromatic nitrogens is 1. The highest BCUT2D eigenvalue weighted by molar-refractivity contribution is 7.09. The van der Waals surface area contributed by atoms with Crippen molar-refractivity contribution in [1.82, 2.24) is 4.98 Å². The Labute approximate surface area is 123 Å². The maximum atomic E-state index is 13.6. The van der Waals surface area contributed by atoms with E-state index < -0.39 is 17.7 Å². The molecule has 0 radical (unpaired) electrons. The van der Waals surface area contributed by atoms with Gasteiger partial charge in [-0.25, -0.2) is 14.2 Å². The number of hydrogen-bond donors (Lipinski definition) is 2. The number of benzene rings is 1. The largest absolute Gasteiger partial charge is 0.478 e. The number of carboxylic acid groups (broad SMARTS) is 1. The first-order valence-electron chi connectivity index (χ1n) is 5.90. The molecule has 21 heavy (non-hydrogen) atoms. The van der Waals surface area contributed by atoms with Gasteiger partial charge in [0, 0.05) is 11.5 Å². The third-order valence-corrected chi connectivity index (χ3v) is 3.33. The second kappa shape index (κ2) is 6.27. The minimum atomic E-state index is -1.32. The van der Waals surface area contributed by atoms with Crippen LogP contribution in [-0.2, 0) is 4.79 Å². The average molecular weight is 306 g/mol. The molecule has 0 bridgehead atoms. The number of anilines is 1. The van der Waals surface area contributed by atoms with Crippen molar-refractivity contribution in [2.75, 3.05) is 5.32 Å². The third kappa shape index (κ3) is 3.73. The minimum Gasteiger partial charge on any atom is -0.478 e. The molecule has 5 nitrogen and oxygen atoms in total. The van der Waals surface area contributed by atoms with E-state index in [4.69, 9.17) is 5.11 Å². The predicted molar refractivity (Wildman–Crippen MR) is 77.9 cm³/mol. The van der Waals surface area contributed by atoms with Gasteiger partial charge in [0.15, 0.2) is 0 Å². The van der Waals surface area contributed by atoms with E-state index in [0.717, 1.165) is 11.1 Å². The van der Waals surface area contributed by atoms with Gasteiger partial charge in [0.05, 0.1) is 22.0 Å². The number of aromatic carboxylic acids is 1. The summed E-state index contributed by atoms with van der Waals surface area (Å²) in [6, 6.07) is 3.56. The zero-order chi connectivity index (χ0) is 15.4. The van der Waals surface area contributed by atoms with Crippen molar-refractivity contribution in [3.8, 4) is 0 Å². The molecule has 108 valence electrons. The van der Waals surface area contributed by atoms with E-state index in [2.05, 4.69) is 10.3 Å². The summed E-state index contributed by atoms with van der Waals surface area (Å²) < 4.78 is 13.6. The van der Waals surface area contributed by atoms with Crippen molar-refractivity contribution >= 4 is 35.0 Å². The monoisotopic (exact) mass is 306 g/mol. The zero-order valence-electron chi connectivity index (χ0n) is 11.0. The van der Waals surface area contributed by atoms with Crippen LogP contribution in [0, 0.1) is 12.7 Å². The van der Waals surface area contributed by atoms with Crippen molar-refractivity contribution in [3.05, 3.63) is 51.7 Å². The Morgan fingerprint density at radius 2 is 2.19 bits per heavy atom. The maximum absolute atomic E-state index is 13.6. The Kier molecular flexibility index (Phi) is 4.44. The summed E-state index contributed by atoms with van der Waals surface area (Å²) in [6.45, 7) is 1.83. The molecular formula is C14H11FN2O3S. The van der Waals surface area contributed by atoms with E-state index in [1.807, 2.05) is 6.92 Å². The van der Waals surface area contributed by atoms with Gasteiger partial charge in [-0.2, -0.15) is 0 Å². The molecule has 0 unspecified atom stereocenters. The first-order chi connectivity index (χ1) is 9.97. The lowest BCUT2D eigenvalue weighted by atomic mass is 10.1. The van der Waals surface area contributed by atoms with Crippen molar-refractivity contribution in [1.29, 1.82) is 0 Å². The lowest BCUT2D eigenvalue weighted by Gasteiger charge is -2.07. The fourth-order valence-electron chi connectivity index (χ4n) is 1.61. The van der Waals surface area contributed by atoms with Gasteiger partial charge in [-0.15, -0.1) is 11.3 Å². The van der Waals surface area contributed by atoms with Gasteiger partial charge in [-0.3, -0.25) is 4.79 Å². The molecule has 0 aliphatic carbocycles. The number of nitrogens with one attached hydrogen (secondary N) is 1. The molecule has 0 atom stereocenters. The quantitative estimate of drug-likeness (QED) is 0.851. The van der Waals surface area contributed by atoms with Gasteiger partial charge in [0.1, 0.15) is 5.82 Å². The fourth-order valence-corrected chi connectivity index (χ4v) is 2.19. The fraction of sp³-hybridized carbons (Fsp3) is 0.0714. The first kappa shape index (κ1) is 14.9. The number of thiazole rings is 1. The highest BCUT2D eigenvalue weighted by Gasteiger charge is 2.15. The van der Waals surface area contributed by atoms with E-state index in [9.17, 15) is 14.0 Å². The van der Waals surface area contributed by atoms with Gasteiger partial charge in [-0.1, -0.05) is 6.07 Å². The summed E-state index contributed by atoms with van der Waals surface area (Å²) in [7, 11) is 0. The van der Waals surface area contributed by atoms with Crippen LogP contribution < -0.4 is 5.32 Å². The Morgan fingerprint density at radius 3 is 2.81 bits per heavy atom. The van der Waals surface area contributed by atoms with Crippen LogP contribution in [0.5, 0.6) is 0 Å². The number of nitrogens with zero attached hydrogens (tertiary/aromatic N) is 1. The molecular weight excluding hydrogens is 295 g/mol. The molecule has 0 saturated heterocycles. The molecule has 0 aliphatic heterocycles. The number of amides is 1. The van der Waals surface area contributed by atoms with E-state index in [1.165, 1.54) is 35.6 Å². The Bertz CT molecular complexity index is 725. The third-order valence-electron chi connectivity index (χ3n) is 2.53. The first-order valence-corrected chi connectivity index (χ1v) is 6.78. The van der Waals surface area contributed by atoms with E-state index in [-0.39, 0.29) is 11.3 Å². The standard InChI is InChI=1S/C14H11FN2O3S/c1-8-16-9(7-21-8)5-6-12(18)17-13-10(14(19)20)3-2-4-11(13)15/h2-7H,1H3,(H,17,18)(H,19,20)/b6-5+. The van der Waals surface area contributed by atoms with Crippen LogP contribution in [-0.4, -0.2) is 22.0 Å². The minimum absolute atomic E-state index is 0.304. The summed E-state index contributed by atoms with van der Waals surface area (Å²) in [4.78, 5) is 26.9. The number of carbonyl (C=O) groups is 2. The highest BCUT2D eigenvalue weighted by Crippen LogP contribution is 2.20. The summed E-state index contributed by atoms with van der Waals surface area (Å²) in [5.41, 5.74) is -0.0463. The number of carbonyl (C=O) groups excluding carboxylic acids is 1. The Hall–Kier alpha value is -2.54. The molecule has 1 aromatic carbocycles. The number of aryl methyl sites for hydroxylation is 1. The van der Waals surface area contributed by atoms with Crippen molar-refractivity contribution in [2.45, 2.75) is 6.92 Å². The van der Waals surface area contributed by atoms with Gasteiger partial charge in [0.25, 0.3) is 0 Å². The van der Waals surface area contributed by atoms with Crippen LogP contribution in [0.3, 0.4) is 0 Å². The molecule has 1 aromatic heterocycles. The molecule has 0 fully saturated rings. The summed E-state index contributed by atoms with van der Waals surface area (Å²) in [5, 5.41) is 13.8. The van der Waals surface area contributed by atoms with Crippen molar-refractivity contribution in [2.24, 2.45) is 0 Å². The molecule has 2 rings (SSSR count). The van der Waals surface area contributed by atoms with Crippen LogP contribution in [0.25, 0.3) is 6.08 Å². The van der Waals surface area contributed by atoms with Crippen LogP contribution in [0.4, 0.5) is 10.1 Å². The number of carboxylic acids is 1.